The predicted molar refractivity (Wildman–Crippen MR) is 72.5 cm³/mol. The number of rotatable bonds is 5. The first-order chi connectivity index (χ1) is 8.89. The van der Waals surface area contributed by atoms with Crippen LogP contribution in [0.25, 0.3) is 0 Å². The van der Waals surface area contributed by atoms with Crippen LogP contribution in [0, 0.1) is 28.1 Å². The third-order valence-electron chi connectivity index (χ3n) is 5.05. The van der Waals surface area contributed by atoms with Crippen LogP contribution in [0.2, 0.25) is 0 Å². The van der Waals surface area contributed by atoms with Crippen LogP contribution < -0.4 is 0 Å². The van der Waals surface area contributed by atoms with Crippen LogP contribution in [0.5, 0.6) is 0 Å². The third kappa shape index (κ3) is 3.09. The number of piperidine rings is 1. The standard InChI is InChI=1S/C15H24N2O2/c1-14(2,13(18)19)12-4-3-9-17(10-12)11-15(5-6-15)7-8-16/h12H,3-7,9-11H2,1-2H3,(H,18,19). The Kier molecular flexibility index (Phi) is 3.87. The van der Waals surface area contributed by atoms with E-state index in [2.05, 4.69) is 11.0 Å². The van der Waals surface area contributed by atoms with E-state index in [4.69, 9.17) is 5.26 Å². The SMILES string of the molecule is CC(C)(C(=O)O)C1CCCN(CC2(CC#N)CC2)C1. The minimum Gasteiger partial charge on any atom is -0.481 e. The fraction of sp³-hybridized carbons (Fsp3) is 0.867. The molecule has 2 aliphatic rings. The van der Waals surface area contributed by atoms with Crippen LogP contribution in [0.15, 0.2) is 0 Å². The summed E-state index contributed by atoms with van der Waals surface area (Å²) in [7, 11) is 0. The van der Waals surface area contributed by atoms with Gasteiger partial charge < -0.3 is 10.0 Å². The summed E-state index contributed by atoms with van der Waals surface area (Å²) >= 11 is 0. The van der Waals surface area contributed by atoms with Crippen molar-refractivity contribution < 1.29 is 9.90 Å². The van der Waals surface area contributed by atoms with Crippen molar-refractivity contribution >= 4 is 5.97 Å². The number of nitrogens with zero attached hydrogens (tertiary/aromatic N) is 2. The molecule has 1 saturated carbocycles. The van der Waals surface area contributed by atoms with Crippen molar-refractivity contribution in [3.63, 3.8) is 0 Å². The zero-order valence-electron chi connectivity index (χ0n) is 12.0. The maximum absolute atomic E-state index is 11.4. The molecule has 0 amide bonds. The Labute approximate surface area is 115 Å². The summed E-state index contributed by atoms with van der Waals surface area (Å²) in [6, 6.07) is 2.30. The van der Waals surface area contributed by atoms with Crippen molar-refractivity contribution in [1.29, 1.82) is 5.26 Å². The van der Waals surface area contributed by atoms with Crippen molar-refractivity contribution in [2.24, 2.45) is 16.7 Å². The third-order valence-corrected chi connectivity index (χ3v) is 5.05. The Hall–Kier alpha value is -1.08. The van der Waals surface area contributed by atoms with Gasteiger partial charge >= 0.3 is 5.97 Å². The van der Waals surface area contributed by atoms with E-state index in [-0.39, 0.29) is 11.3 Å². The summed E-state index contributed by atoms with van der Waals surface area (Å²) in [6.07, 6.45) is 5.04. The second-order valence-corrected chi connectivity index (χ2v) is 6.94. The number of carboxylic acids is 1. The molecule has 1 atom stereocenters. The highest BCUT2D eigenvalue weighted by Gasteiger charge is 2.45. The zero-order valence-corrected chi connectivity index (χ0v) is 12.0. The topological polar surface area (TPSA) is 64.3 Å². The lowest BCUT2D eigenvalue weighted by molar-refractivity contribution is -0.151. The minimum atomic E-state index is -0.697. The number of likely N-dealkylation sites (tertiary alicyclic amines) is 1. The normalized spacial score (nSPS) is 26.7. The van der Waals surface area contributed by atoms with E-state index in [1.165, 1.54) is 0 Å². The van der Waals surface area contributed by atoms with E-state index < -0.39 is 11.4 Å². The molecule has 0 aromatic rings. The van der Waals surface area contributed by atoms with Crippen LogP contribution in [-0.4, -0.2) is 35.6 Å². The van der Waals surface area contributed by atoms with E-state index >= 15 is 0 Å². The van der Waals surface area contributed by atoms with E-state index in [0.29, 0.717) is 6.42 Å². The summed E-state index contributed by atoms with van der Waals surface area (Å²) in [5, 5.41) is 18.2. The van der Waals surface area contributed by atoms with Crippen LogP contribution in [-0.2, 0) is 4.79 Å². The number of carbonyl (C=O) groups is 1. The molecule has 1 N–H and O–H groups in total. The lowest BCUT2D eigenvalue weighted by atomic mass is 9.74. The van der Waals surface area contributed by atoms with Gasteiger partial charge in [0.1, 0.15) is 0 Å². The Morgan fingerprint density at radius 2 is 2.21 bits per heavy atom. The van der Waals surface area contributed by atoms with Crippen molar-refractivity contribution in [3.8, 4) is 6.07 Å². The van der Waals surface area contributed by atoms with Crippen LogP contribution in [0.3, 0.4) is 0 Å². The first-order valence-corrected chi connectivity index (χ1v) is 7.22. The molecule has 19 heavy (non-hydrogen) atoms. The Morgan fingerprint density at radius 3 is 2.74 bits per heavy atom. The maximum atomic E-state index is 11.4. The average molecular weight is 264 g/mol. The van der Waals surface area contributed by atoms with Crippen LogP contribution >= 0.6 is 0 Å². The monoisotopic (exact) mass is 264 g/mol. The smallest absolute Gasteiger partial charge is 0.309 e. The second-order valence-electron chi connectivity index (χ2n) is 6.94. The van der Waals surface area contributed by atoms with Gasteiger partial charge in [0, 0.05) is 19.5 Å². The molecule has 4 nitrogen and oxygen atoms in total. The minimum absolute atomic E-state index is 0.219. The van der Waals surface area contributed by atoms with Crippen molar-refractivity contribution in [2.45, 2.75) is 46.0 Å². The maximum Gasteiger partial charge on any atom is 0.309 e. The molecule has 0 aromatic carbocycles. The molecular weight excluding hydrogens is 240 g/mol. The van der Waals surface area contributed by atoms with Gasteiger partial charge in [-0.3, -0.25) is 4.79 Å². The van der Waals surface area contributed by atoms with Crippen LogP contribution in [0.4, 0.5) is 0 Å². The number of hydrogen-bond acceptors (Lipinski definition) is 3. The number of carboxylic acid groups (broad SMARTS) is 1. The van der Waals surface area contributed by atoms with Gasteiger partial charge in [-0.15, -0.1) is 0 Å². The molecule has 4 heteroatoms. The summed E-state index contributed by atoms with van der Waals surface area (Å²) in [6.45, 7) is 6.58. The number of aliphatic carboxylic acids is 1. The van der Waals surface area contributed by atoms with Gasteiger partial charge in [0.15, 0.2) is 0 Å². The van der Waals surface area contributed by atoms with Gasteiger partial charge in [-0.05, 0) is 57.4 Å². The summed E-state index contributed by atoms with van der Waals surface area (Å²) in [4.78, 5) is 13.8. The average Bonchev–Trinajstić information content (AvgIpc) is 3.09. The lowest BCUT2D eigenvalue weighted by Gasteiger charge is -2.40. The van der Waals surface area contributed by atoms with Gasteiger partial charge in [0.05, 0.1) is 11.5 Å². The Bertz CT molecular complexity index is 393. The van der Waals surface area contributed by atoms with E-state index in [0.717, 1.165) is 45.3 Å². The quantitative estimate of drug-likeness (QED) is 0.828. The highest BCUT2D eigenvalue weighted by atomic mass is 16.4. The number of nitriles is 1. The molecule has 0 radical (unpaired) electrons. The largest absolute Gasteiger partial charge is 0.481 e. The van der Waals surface area contributed by atoms with Gasteiger partial charge in [0.2, 0.25) is 0 Å². The molecule has 0 bridgehead atoms. The zero-order chi connectivity index (χ0) is 14.1. The molecule has 1 aliphatic heterocycles. The van der Waals surface area contributed by atoms with Crippen molar-refractivity contribution in [2.75, 3.05) is 19.6 Å². The predicted octanol–water partition coefficient (Wildman–Crippen LogP) is 2.50. The van der Waals surface area contributed by atoms with Crippen LogP contribution in [0.1, 0.15) is 46.0 Å². The van der Waals surface area contributed by atoms with Gasteiger partial charge in [-0.25, -0.2) is 0 Å². The molecule has 1 saturated heterocycles. The first-order valence-electron chi connectivity index (χ1n) is 7.22. The van der Waals surface area contributed by atoms with Gasteiger partial charge in [0.25, 0.3) is 0 Å². The molecule has 2 fully saturated rings. The van der Waals surface area contributed by atoms with E-state index in [1.807, 2.05) is 13.8 Å². The molecule has 1 aliphatic carbocycles. The van der Waals surface area contributed by atoms with Crippen molar-refractivity contribution in [3.05, 3.63) is 0 Å². The van der Waals surface area contributed by atoms with E-state index in [1.54, 1.807) is 0 Å². The molecule has 1 unspecified atom stereocenters. The molecule has 106 valence electrons. The highest BCUT2D eigenvalue weighted by molar-refractivity contribution is 5.74. The first kappa shape index (κ1) is 14.3. The molecule has 2 rings (SSSR count). The summed E-state index contributed by atoms with van der Waals surface area (Å²) in [5.74, 6) is -0.478. The van der Waals surface area contributed by atoms with Gasteiger partial charge in [-0.2, -0.15) is 5.26 Å². The molecule has 0 spiro atoms. The number of hydrogen-bond donors (Lipinski definition) is 1. The highest BCUT2D eigenvalue weighted by Crippen LogP contribution is 2.49. The van der Waals surface area contributed by atoms with Gasteiger partial charge in [-0.1, -0.05) is 0 Å². The summed E-state index contributed by atoms with van der Waals surface area (Å²) in [5.41, 5.74) is -0.422. The molecular formula is C15H24N2O2. The lowest BCUT2D eigenvalue weighted by Crippen LogP contribution is -2.46. The Morgan fingerprint density at radius 1 is 1.53 bits per heavy atom. The van der Waals surface area contributed by atoms with Crippen molar-refractivity contribution in [1.82, 2.24) is 4.90 Å². The fourth-order valence-electron chi connectivity index (χ4n) is 3.17. The molecule has 0 aromatic heterocycles. The summed E-state index contributed by atoms with van der Waals surface area (Å²) < 4.78 is 0. The van der Waals surface area contributed by atoms with E-state index in [9.17, 15) is 9.90 Å². The molecule has 1 heterocycles. The fourth-order valence-corrected chi connectivity index (χ4v) is 3.17. The Balaban J connectivity index is 1.95. The second kappa shape index (κ2) is 5.13.